The second-order valence-electron chi connectivity index (χ2n) is 9.56. The lowest BCUT2D eigenvalue weighted by atomic mass is 9.97. The van der Waals surface area contributed by atoms with Gasteiger partial charge in [0, 0.05) is 40.7 Å². The van der Waals surface area contributed by atoms with Crippen LogP contribution in [-0.2, 0) is 16.0 Å². The van der Waals surface area contributed by atoms with Crippen LogP contribution in [0.3, 0.4) is 0 Å². The van der Waals surface area contributed by atoms with Crippen molar-refractivity contribution in [3.63, 3.8) is 0 Å². The van der Waals surface area contributed by atoms with Crippen LogP contribution in [0, 0.1) is 6.92 Å². The number of carbonyl (C=O) groups is 2. The molecule has 0 aliphatic carbocycles. The normalized spacial score (nSPS) is 13.1. The predicted octanol–water partition coefficient (Wildman–Crippen LogP) is 6.59. The van der Waals surface area contributed by atoms with Crippen LogP contribution in [0.15, 0.2) is 91.0 Å². The molecule has 198 valence electrons. The summed E-state index contributed by atoms with van der Waals surface area (Å²) in [7, 11) is 0. The van der Waals surface area contributed by atoms with Gasteiger partial charge in [-0.3, -0.25) is 9.59 Å². The number of amides is 2. The fraction of sp³-hybridized carbons (Fsp3) is 0.188. The molecule has 1 aliphatic heterocycles. The summed E-state index contributed by atoms with van der Waals surface area (Å²) < 4.78 is 5.42. The standard InChI is InChI=1S/C32H30ClN3O3/c1-22-5-6-25(32(38)35-28-11-13-29(14-12-28)36-15-17-39-18-16-36)21-30(22)24-7-9-27(10-8-24)34-31(37)20-23-3-2-4-26(33)19-23/h2-14,19,21H,15-18,20H2,1H3,(H,34,37)(H,35,38). The number of halogens is 1. The summed E-state index contributed by atoms with van der Waals surface area (Å²) in [5, 5.41) is 6.54. The summed E-state index contributed by atoms with van der Waals surface area (Å²) >= 11 is 6.02. The zero-order valence-electron chi connectivity index (χ0n) is 21.7. The van der Waals surface area contributed by atoms with Gasteiger partial charge in [0.15, 0.2) is 0 Å². The molecule has 1 aliphatic rings. The fourth-order valence-corrected chi connectivity index (χ4v) is 4.84. The molecule has 0 atom stereocenters. The Kier molecular flexibility index (Phi) is 8.25. The molecule has 2 amide bonds. The maximum Gasteiger partial charge on any atom is 0.255 e. The van der Waals surface area contributed by atoms with Crippen molar-refractivity contribution in [2.24, 2.45) is 0 Å². The first-order valence-corrected chi connectivity index (χ1v) is 13.3. The molecule has 0 spiro atoms. The van der Waals surface area contributed by atoms with Crippen molar-refractivity contribution in [2.45, 2.75) is 13.3 Å². The third-order valence-corrected chi connectivity index (χ3v) is 6.97. The second kappa shape index (κ2) is 12.2. The molecule has 0 unspecified atom stereocenters. The van der Waals surface area contributed by atoms with E-state index in [2.05, 4.69) is 15.5 Å². The smallest absolute Gasteiger partial charge is 0.255 e. The summed E-state index contributed by atoms with van der Waals surface area (Å²) in [5.41, 5.74) is 6.99. The van der Waals surface area contributed by atoms with Crippen molar-refractivity contribution in [3.8, 4) is 11.1 Å². The van der Waals surface area contributed by atoms with E-state index in [4.69, 9.17) is 16.3 Å². The lowest BCUT2D eigenvalue weighted by Crippen LogP contribution is -2.36. The van der Waals surface area contributed by atoms with E-state index >= 15 is 0 Å². The zero-order valence-corrected chi connectivity index (χ0v) is 22.5. The number of nitrogens with zero attached hydrogens (tertiary/aromatic N) is 1. The molecule has 1 heterocycles. The van der Waals surface area contributed by atoms with Crippen LogP contribution in [-0.4, -0.2) is 38.1 Å². The molecular formula is C32H30ClN3O3. The average molecular weight is 540 g/mol. The highest BCUT2D eigenvalue weighted by molar-refractivity contribution is 6.30. The number of nitrogens with one attached hydrogen (secondary N) is 2. The van der Waals surface area contributed by atoms with Crippen LogP contribution in [0.5, 0.6) is 0 Å². The van der Waals surface area contributed by atoms with Crippen molar-refractivity contribution in [3.05, 3.63) is 113 Å². The van der Waals surface area contributed by atoms with Gasteiger partial charge in [-0.15, -0.1) is 0 Å². The van der Waals surface area contributed by atoms with Gasteiger partial charge in [-0.25, -0.2) is 0 Å². The van der Waals surface area contributed by atoms with Gasteiger partial charge in [-0.05, 0) is 89.8 Å². The Labute approximate surface area is 233 Å². The summed E-state index contributed by atoms with van der Waals surface area (Å²) in [5.74, 6) is -0.280. The Bertz CT molecular complexity index is 1460. The van der Waals surface area contributed by atoms with Gasteiger partial charge >= 0.3 is 0 Å². The van der Waals surface area contributed by atoms with E-state index < -0.39 is 0 Å². The minimum absolute atomic E-state index is 0.113. The number of rotatable bonds is 7. The van der Waals surface area contributed by atoms with Crippen molar-refractivity contribution in [1.29, 1.82) is 0 Å². The summed E-state index contributed by atoms with van der Waals surface area (Å²) in [6.07, 6.45) is 0.245. The predicted molar refractivity (Wildman–Crippen MR) is 158 cm³/mol. The molecular weight excluding hydrogens is 510 g/mol. The van der Waals surface area contributed by atoms with Gasteiger partial charge in [-0.1, -0.05) is 41.9 Å². The highest BCUT2D eigenvalue weighted by Gasteiger charge is 2.13. The Hall–Kier alpha value is -4.13. The third-order valence-electron chi connectivity index (χ3n) is 6.73. The highest BCUT2D eigenvalue weighted by Crippen LogP contribution is 2.27. The van der Waals surface area contributed by atoms with E-state index in [1.165, 1.54) is 0 Å². The van der Waals surface area contributed by atoms with Gasteiger partial charge in [-0.2, -0.15) is 0 Å². The minimum Gasteiger partial charge on any atom is -0.378 e. The van der Waals surface area contributed by atoms with Gasteiger partial charge in [0.25, 0.3) is 5.91 Å². The molecule has 2 N–H and O–H groups in total. The maximum absolute atomic E-state index is 13.0. The van der Waals surface area contributed by atoms with Crippen molar-refractivity contribution in [2.75, 3.05) is 41.8 Å². The van der Waals surface area contributed by atoms with E-state index in [9.17, 15) is 9.59 Å². The molecule has 0 bridgehead atoms. The topological polar surface area (TPSA) is 70.7 Å². The molecule has 39 heavy (non-hydrogen) atoms. The Balaban J connectivity index is 1.23. The molecule has 1 fully saturated rings. The second-order valence-corrected chi connectivity index (χ2v) is 10.00. The molecule has 1 saturated heterocycles. The number of carbonyl (C=O) groups excluding carboxylic acids is 2. The number of benzene rings is 4. The van der Waals surface area contributed by atoms with Crippen molar-refractivity contribution >= 4 is 40.5 Å². The zero-order chi connectivity index (χ0) is 27.2. The quantitative estimate of drug-likeness (QED) is 0.278. The Morgan fingerprint density at radius 3 is 2.26 bits per heavy atom. The number of hydrogen-bond acceptors (Lipinski definition) is 4. The minimum atomic E-state index is -0.166. The molecule has 0 aromatic heterocycles. The number of morpholine rings is 1. The number of ether oxygens (including phenoxy) is 1. The van der Waals surface area contributed by atoms with E-state index in [0.29, 0.717) is 16.3 Å². The summed E-state index contributed by atoms with van der Waals surface area (Å²) in [6, 6.07) is 28.5. The average Bonchev–Trinajstić information content (AvgIpc) is 2.94. The summed E-state index contributed by atoms with van der Waals surface area (Å²) in [6.45, 7) is 5.22. The fourth-order valence-electron chi connectivity index (χ4n) is 4.63. The van der Waals surface area contributed by atoms with E-state index in [1.54, 1.807) is 12.1 Å². The number of hydrogen-bond donors (Lipinski definition) is 2. The van der Waals surface area contributed by atoms with Crippen LogP contribution in [0.1, 0.15) is 21.5 Å². The SMILES string of the molecule is Cc1ccc(C(=O)Nc2ccc(N3CCOCC3)cc2)cc1-c1ccc(NC(=O)Cc2cccc(Cl)c2)cc1. The number of anilines is 3. The molecule has 7 heteroatoms. The lowest BCUT2D eigenvalue weighted by Gasteiger charge is -2.28. The maximum atomic E-state index is 13.0. The first-order chi connectivity index (χ1) is 18.9. The monoisotopic (exact) mass is 539 g/mol. The van der Waals surface area contributed by atoms with Gasteiger partial charge in [0.1, 0.15) is 0 Å². The van der Waals surface area contributed by atoms with Gasteiger partial charge in [0.2, 0.25) is 5.91 Å². The molecule has 4 aromatic rings. The first-order valence-electron chi connectivity index (χ1n) is 12.9. The summed E-state index contributed by atoms with van der Waals surface area (Å²) in [4.78, 5) is 27.8. The first kappa shape index (κ1) is 26.5. The third kappa shape index (κ3) is 6.85. The molecule has 5 rings (SSSR count). The van der Waals surface area contributed by atoms with Crippen LogP contribution < -0.4 is 15.5 Å². The van der Waals surface area contributed by atoms with E-state index in [1.807, 2.05) is 85.8 Å². The van der Waals surface area contributed by atoms with Gasteiger partial charge in [0.05, 0.1) is 19.6 Å². The molecule has 4 aromatic carbocycles. The molecule has 6 nitrogen and oxygen atoms in total. The molecule has 0 radical (unpaired) electrons. The Morgan fingerprint density at radius 1 is 0.846 bits per heavy atom. The van der Waals surface area contributed by atoms with Crippen LogP contribution in [0.4, 0.5) is 17.1 Å². The van der Waals surface area contributed by atoms with Crippen LogP contribution in [0.2, 0.25) is 5.02 Å². The van der Waals surface area contributed by atoms with Crippen molar-refractivity contribution in [1.82, 2.24) is 0 Å². The van der Waals surface area contributed by atoms with Gasteiger partial charge < -0.3 is 20.3 Å². The van der Waals surface area contributed by atoms with E-state index in [-0.39, 0.29) is 18.2 Å². The van der Waals surface area contributed by atoms with E-state index in [0.717, 1.165) is 59.9 Å². The van der Waals surface area contributed by atoms with Crippen molar-refractivity contribution < 1.29 is 14.3 Å². The lowest BCUT2D eigenvalue weighted by molar-refractivity contribution is -0.115. The number of aryl methyl sites for hydroxylation is 1. The Morgan fingerprint density at radius 2 is 1.54 bits per heavy atom. The van der Waals surface area contributed by atoms with Crippen LogP contribution in [0.25, 0.3) is 11.1 Å². The largest absolute Gasteiger partial charge is 0.378 e. The van der Waals surface area contributed by atoms with Crippen LogP contribution >= 0.6 is 11.6 Å². The molecule has 0 saturated carbocycles. The highest BCUT2D eigenvalue weighted by atomic mass is 35.5.